The number of imidazole rings is 1. The van der Waals surface area contributed by atoms with Gasteiger partial charge < -0.3 is 25.3 Å². The summed E-state index contributed by atoms with van der Waals surface area (Å²) in [7, 11) is 0. The molecule has 0 atom stereocenters. The van der Waals surface area contributed by atoms with Crippen LogP contribution < -0.4 is 5.32 Å². The molecule has 0 saturated carbocycles. The van der Waals surface area contributed by atoms with Crippen LogP contribution in [0.25, 0.3) is 0 Å². The van der Waals surface area contributed by atoms with Crippen LogP contribution in [0.2, 0.25) is 0 Å². The van der Waals surface area contributed by atoms with E-state index in [4.69, 9.17) is 14.9 Å². The first-order valence-corrected chi connectivity index (χ1v) is 4.90. The predicted molar refractivity (Wildman–Crippen MR) is 55.8 cm³/mol. The Morgan fingerprint density at radius 1 is 1.47 bits per heavy atom. The van der Waals surface area contributed by atoms with Crippen LogP contribution in [0.4, 0.5) is 0 Å². The number of aromatic carboxylic acids is 1. The van der Waals surface area contributed by atoms with E-state index >= 15 is 0 Å². The Morgan fingerprint density at radius 3 is 2.88 bits per heavy atom. The summed E-state index contributed by atoms with van der Waals surface area (Å²) in [5.41, 5.74) is -0.418. The van der Waals surface area contributed by atoms with Gasteiger partial charge in [0, 0.05) is 6.54 Å². The SMILES string of the molecule is O=C(NCCOCCO)c1nc[nH]c1C(=O)O. The molecule has 0 aromatic carbocycles. The summed E-state index contributed by atoms with van der Waals surface area (Å²) >= 11 is 0. The van der Waals surface area contributed by atoms with E-state index in [0.29, 0.717) is 0 Å². The van der Waals surface area contributed by atoms with E-state index in [1.165, 1.54) is 0 Å². The zero-order valence-electron chi connectivity index (χ0n) is 8.97. The lowest BCUT2D eigenvalue weighted by Crippen LogP contribution is -2.29. The van der Waals surface area contributed by atoms with Crippen molar-refractivity contribution in [1.29, 1.82) is 0 Å². The Kier molecular flexibility index (Phi) is 5.11. The van der Waals surface area contributed by atoms with Gasteiger partial charge in [0.2, 0.25) is 0 Å². The van der Waals surface area contributed by atoms with Gasteiger partial charge in [-0.25, -0.2) is 9.78 Å². The van der Waals surface area contributed by atoms with Crippen LogP contribution in [-0.2, 0) is 4.74 Å². The van der Waals surface area contributed by atoms with Crippen molar-refractivity contribution in [3.8, 4) is 0 Å². The fourth-order valence-corrected chi connectivity index (χ4v) is 1.12. The molecule has 4 N–H and O–H groups in total. The number of carbonyl (C=O) groups excluding carboxylic acids is 1. The Hall–Kier alpha value is -1.93. The van der Waals surface area contributed by atoms with Crippen LogP contribution in [0.5, 0.6) is 0 Å². The minimum Gasteiger partial charge on any atom is -0.477 e. The largest absolute Gasteiger partial charge is 0.477 e. The maximum absolute atomic E-state index is 11.5. The topological polar surface area (TPSA) is 125 Å². The van der Waals surface area contributed by atoms with Crippen LogP contribution in [0.3, 0.4) is 0 Å². The van der Waals surface area contributed by atoms with Gasteiger partial charge >= 0.3 is 5.97 Å². The molecule has 1 amide bonds. The number of rotatable bonds is 7. The van der Waals surface area contributed by atoms with Crippen molar-refractivity contribution in [2.45, 2.75) is 0 Å². The second kappa shape index (κ2) is 6.61. The van der Waals surface area contributed by atoms with E-state index in [1.54, 1.807) is 0 Å². The number of amides is 1. The second-order valence-corrected chi connectivity index (χ2v) is 3.02. The highest BCUT2D eigenvalue weighted by Crippen LogP contribution is 2.01. The lowest BCUT2D eigenvalue weighted by Gasteiger charge is -2.04. The number of nitrogens with zero attached hydrogens (tertiary/aromatic N) is 1. The van der Waals surface area contributed by atoms with E-state index in [-0.39, 0.29) is 37.8 Å². The number of carbonyl (C=O) groups is 2. The smallest absolute Gasteiger partial charge is 0.354 e. The van der Waals surface area contributed by atoms with Crippen molar-refractivity contribution >= 4 is 11.9 Å². The van der Waals surface area contributed by atoms with E-state index in [9.17, 15) is 9.59 Å². The highest BCUT2D eigenvalue weighted by molar-refractivity contribution is 6.02. The maximum atomic E-state index is 11.5. The number of hydrogen-bond acceptors (Lipinski definition) is 5. The molecule has 17 heavy (non-hydrogen) atoms. The summed E-state index contributed by atoms with van der Waals surface area (Å²) in [6, 6.07) is 0. The van der Waals surface area contributed by atoms with E-state index < -0.39 is 11.9 Å². The average Bonchev–Trinajstić information content (AvgIpc) is 2.77. The van der Waals surface area contributed by atoms with E-state index in [2.05, 4.69) is 15.3 Å². The van der Waals surface area contributed by atoms with Crippen molar-refractivity contribution in [3.05, 3.63) is 17.7 Å². The van der Waals surface area contributed by atoms with Gasteiger partial charge in [-0.05, 0) is 0 Å². The minimum atomic E-state index is -1.25. The van der Waals surface area contributed by atoms with E-state index in [1.807, 2.05) is 0 Å². The molecule has 0 aliphatic carbocycles. The number of aromatic amines is 1. The molecule has 0 aliphatic heterocycles. The molecule has 1 heterocycles. The first-order valence-electron chi connectivity index (χ1n) is 4.90. The standard InChI is InChI=1S/C9H13N3O5/c13-2-4-17-3-1-10-8(14)6-7(9(15)16)12-5-11-6/h5,13H,1-4H2,(H,10,14)(H,11,12)(H,15,16). The van der Waals surface area contributed by atoms with Gasteiger partial charge in [-0.2, -0.15) is 0 Å². The third kappa shape index (κ3) is 3.85. The molecule has 0 aliphatic rings. The number of carboxylic acid groups (broad SMARTS) is 1. The van der Waals surface area contributed by atoms with Gasteiger partial charge in [0.1, 0.15) is 0 Å². The molecule has 8 heteroatoms. The van der Waals surface area contributed by atoms with E-state index in [0.717, 1.165) is 6.33 Å². The summed E-state index contributed by atoms with van der Waals surface area (Å²) < 4.78 is 4.92. The molecule has 0 fully saturated rings. The molecule has 94 valence electrons. The second-order valence-electron chi connectivity index (χ2n) is 3.02. The lowest BCUT2D eigenvalue weighted by molar-refractivity contribution is 0.0683. The molecule has 0 saturated heterocycles. The van der Waals surface area contributed by atoms with Gasteiger partial charge in [-0.1, -0.05) is 0 Å². The number of aromatic nitrogens is 2. The number of ether oxygens (including phenoxy) is 1. The first-order chi connectivity index (χ1) is 8.16. The quantitative estimate of drug-likeness (QED) is 0.448. The molecular weight excluding hydrogens is 230 g/mol. The molecule has 0 spiro atoms. The number of H-pyrrole nitrogens is 1. The normalized spacial score (nSPS) is 10.2. The summed E-state index contributed by atoms with van der Waals surface area (Å²) in [5.74, 6) is -1.83. The van der Waals surface area contributed by atoms with Gasteiger partial charge in [-0.3, -0.25) is 4.79 Å². The minimum absolute atomic E-state index is 0.0868. The molecule has 1 aromatic rings. The van der Waals surface area contributed by atoms with Crippen molar-refractivity contribution in [1.82, 2.24) is 15.3 Å². The molecule has 0 radical (unpaired) electrons. The zero-order valence-corrected chi connectivity index (χ0v) is 8.97. The Balaban J connectivity index is 2.42. The van der Waals surface area contributed by atoms with Crippen molar-refractivity contribution in [2.24, 2.45) is 0 Å². The summed E-state index contributed by atoms with van der Waals surface area (Å²) in [6.07, 6.45) is 1.14. The van der Waals surface area contributed by atoms with Crippen LogP contribution >= 0.6 is 0 Å². The third-order valence-electron chi connectivity index (χ3n) is 1.84. The van der Waals surface area contributed by atoms with Crippen LogP contribution in [-0.4, -0.2) is 58.4 Å². The van der Waals surface area contributed by atoms with Crippen molar-refractivity contribution in [3.63, 3.8) is 0 Å². The molecule has 1 rings (SSSR count). The highest BCUT2D eigenvalue weighted by atomic mass is 16.5. The highest BCUT2D eigenvalue weighted by Gasteiger charge is 2.18. The van der Waals surface area contributed by atoms with Gasteiger partial charge in [-0.15, -0.1) is 0 Å². The Labute approximate surface area is 96.6 Å². The van der Waals surface area contributed by atoms with Gasteiger partial charge in [0.25, 0.3) is 5.91 Å². The van der Waals surface area contributed by atoms with Crippen molar-refractivity contribution in [2.75, 3.05) is 26.4 Å². The van der Waals surface area contributed by atoms with Crippen LogP contribution in [0.15, 0.2) is 6.33 Å². The summed E-state index contributed by atoms with van der Waals surface area (Å²) in [4.78, 5) is 28.2. The Morgan fingerprint density at radius 2 is 2.24 bits per heavy atom. The number of nitrogens with one attached hydrogen (secondary N) is 2. The van der Waals surface area contributed by atoms with Crippen molar-refractivity contribution < 1.29 is 24.5 Å². The fourth-order valence-electron chi connectivity index (χ4n) is 1.12. The maximum Gasteiger partial charge on any atom is 0.354 e. The monoisotopic (exact) mass is 243 g/mol. The first kappa shape index (κ1) is 13.1. The molecule has 0 unspecified atom stereocenters. The van der Waals surface area contributed by atoms with Gasteiger partial charge in [0.15, 0.2) is 11.4 Å². The lowest BCUT2D eigenvalue weighted by atomic mass is 10.3. The van der Waals surface area contributed by atoms with Crippen LogP contribution in [0, 0.1) is 0 Å². The number of aliphatic hydroxyl groups is 1. The average molecular weight is 243 g/mol. The Bertz CT molecular complexity index is 390. The molecule has 1 aromatic heterocycles. The van der Waals surface area contributed by atoms with Crippen LogP contribution in [0.1, 0.15) is 21.0 Å². The summed E-state index contributed by atoms with van der Waals surface area (Å²) in [5, 5.41) is 19.6. The molecule has 0 bridgehead atoms. The molecule has 8 nitrogen and oxygen atoms in total. The fraction of sp³-hybridized carbons (Fsp3) is 0.444. The predicted octanol–water partition coefficient (Wildman–Crippen LogP) is -1.15. The molecular formula is C9H13N3O5. The zero-order chi connectivity index (χ0) is 12.7. The number of carboxylic acids is 1. The number of hydrogen-bond donors (Lipinski definition) is 4. The number of aliphatic hydroxyl groups excluding tert-OH is 1. The van der Waals surface area contributed by atoms with Gasteiger partial charge in [0.05, 0.1) is 26.1 Å². The summed E-state index contributed by atoms with van der Waals surface area (Å²) in [6.45, 7) is 0.555. The third-order valence-corrected chi connectivity index (χ3v) is 1.84.